The molecule has 164 valence electrons. The Kier molecular flexibility index (Phi) is 5.78. The topological polar surface area (TPSA) is 82.2 Å². The van der Waals surface area contributed by atoms with Crippen LogP contribution in [0, 0.1) is 0 Å². The number of rotatable bonds is 7. The highest BCUT2D eigenvalue weighted by atomic mass is 35.5. The number of fused-ring (bicyclic) bond motifs is 1. The van der Waals surface area contributed by atoms with Crippen LogP contribution in [-0.2, 0) is 13.2 Å². The number of amides is 1. The second-order valence-corrected chi connectivity index (χ2v) is 7.85. The third-order valence-electron chi connectivity index (χ3n) is 5.01. The normalized spacial score (nSPS) is 10.9. The first kappa shape index (κ1) is 20.8. The quantitative estimate of drug-likeness (QED) is 0.345. The number of nitrogens with zero attached hydrogens (tertiary/aromatic N) is 3. The van der Waals surface area contributed by atoms with Crippen molar-refractivity contribution in [3.05, 3.63) is 107 Å². The first-order valence-electron chi connectivity index (χ1n) is 10.3. The van der Waals surface area contributed by atoms with E-state index in [0.717, 1.165) is 22.1 Å². The summed E-state index contributed by atoms with van der Waals surface area (Å²) in [6, 6.07) is 24.7. The van der Waals surface area contributed by atoms with E-state index < -0.39 is 5.91 Å². The Morgan fingerprint density at radius 2 is 1.82 bits per heavy atom. The number of carbonyl (C=O) groups excluding carboxylic acids is 1. The Hall–Kier alpha value is -4.10. The lowest BCUT2D eigenvalue weighted by Gasteiger charge is -2.05. The lowest BCUT2D eigenvalue weighted by Crippen LogP contribution is -2.12. The van der Waals surface area contributed by atoms with Gasteiger partial charge < -0.3 is 9.15 Å². The molecule has 5 rings (SSSR count). The first-order valence-corrected chi connectivity index (χ1v) is 10.7. The molecule has 0 atom stereocenters. The number of benzene rings is 3. The molecule has 33 heavy (non-hydrogen) atoms. The maximum Gasteiger partial charge on any atom is 0.293 e. The second kappa shape index (κ2) is 9.18. The predicted octanol–water partition coefficient (Wildman–Crippen LogP) is 5.56. The molecule has 8 heteroatoms. The summed E-state index contributed by atoms with van der Waals surface area (Å²) in [5.74, 6) is 1.18. The molecule has 0 aliphatic rings. The molecule has 0 aliphatic heterocycles. The smallest absolute Gasteiger partial charge is 0.293 e. The van der Waals surface area contributed by atoms with Gasteiger partial charge in [-0.3, -0.25) is 10.1 Å². The molecule has 1 amide bonds. The minimum absolute atomic E-state index is 0.154. The van der Waals surface area contributed by atoms with Gasteiger partial charge in [0.1, 0.15) is 24.4 Å². The van der Waals surface area contributed by atoms with Crippen molar-refractivity contribution < 1.29 is 13.9 Å². The molecule has 0 radical (unpaired) electrons. The molecule has 7 nitrogen and oxygen atoms in total. The molecule has 2 aromatic heterocycles. The fraction of sp³-hybridized carbons (Fsp3) is 0.0800. The van der Waals surface area contributed by atoms with Crippen molar-refractivity contribution in [2.24, 2.45) is 0 Å². The summed E-state index contributed by atoms with van der Waals surface area (Å²) in [4.78, 5) is 16.6. The number of nitrogens with one attached hydrogen (secondary N) is 1. The SMILES string of the molecule is O=C(Nc1ncn(Cc2ccc(Cl)cc2)n1)c1ccc(COc2ccc3ccccc3c2)o1. The second-order valence-electron chi connectivity index (χ2n) is 7.41. The number of carbonyl (C=O) groups is 1. The number of hydrogen-bond donors (Lipinski definition) is 1. The largest absolute Gasteiger partial charge is 0.486 e. The minimum atomic E-state index is -0.434. The molecule has 5 aromatic rings. The zero-order valence-electron chi connectivity index (χ0n) is 17.4. The Morgan fingerprint density at radius 1 is 1.00 bits per heavy atom. The molecular formula is C25H19ClN4O3. The molecule has 1 N–H and O–H groups in total. The predicted molar refractivity (Wildman–Crippen MR) is 126 cm³/mol. The summed E-state index contributed by atoms with van der Waals surface area (Å²) in [6.07, 6.45) is 1.55. The summed E-state index contributed by atoms with van der Waals surface area (Å²) in [5, 5.41) is 9.83. The van der Waals surface area contributed by atoms with E-state index in [1.54, 1.807) is 23.1 Å². The number of ether oxygens (including phenoxy) is 1. The van der Waals surface area contributed by atoms with Gasteiger partial charge >= 0.3 is 0 Å². The van der Waals surface area contributed by atoms with Crippen LogP contribution in [0.5, 0.6) is 5.75 Å². The van der Waals surface area contributed by atoms with Gasteiger partial charge in [0, 0.05) is 5.02 Å². The molecule has 0 aliphatic carbocycles. The molecule has 0 saturated heterocycles. The molecular weight excluding hydrogens is 440 g/mol. The Balaban J connectivity index is 1.18. The summed E-state index contributed by atoms with van der Waals surface area (Å²) < 4.78 is 13.1. The van der Waals surface area contributed by atoms with Gasteiger partial charge in [-0.15, -0.1) is 5.10 Å². The highest BCUT2D eigenvalue weighted by Gasteiger charge is 2.14. The third kappa shape index (κ3) is 5.05. The van der Waals surface area contributed by atoms with Gasteiger partial charge in [-0.05, 0) is 52.7 Å². The maximum absolute atomic E-state index is 12.5. The first-order chi connectivity index (χ1) is 16.1. The van der Waals surface area contributed by atoms with Gasteiger partial charge in [-0.25, -0.2) is 9.67 Å². The van der Waals surface area contributed by atoms with Crippen LogP contribution in [0.2, 0.25) is 5.02 Å². The monoisotopic (exact) mass is 458 g/mol. The number of halogens is 1. The summed E-state index contributed by atoms with van der Waals surface area (Å²) in [7, 11) is 0. The van der Waals surface area contributed by atoms with Crippen LogP contribution < -0.4 is 10.1 Å². The highest BCUT2D eigenvalue weighted by molar-refractivity contribution is 6.30. The summed E-state index contributed by atoms with van der Waals surface area (Å²) >= 11 is 5.91. The van der Waals surface area contributed by atoms with Crippen LogP contribution in [0.1, 0.15) is 21.9 Å². The van der Waals surface area contributed by atoms with Crippen LogP contribution in [0.3, 0.4) is 0 Å². The highest BCUT2D eigenvalue weighted by Crippen LogP contribution is 2.22. The lowest BCUT2D eigenvalue weighted by molar-refractivity contribution is 0.0991. The zero-order chi connectivity index (χ0) is 22.6. The molecule has 0 unspecified atom stereocenters. The van der Waals surface area contributed by atoms with Gasteiger partial charge in [0.25, 0.3) is 5.91 Å². The van der Waals surface area contributed by atoms with Crippen molar-refractivity contribution in [2.45, 2.75) is 13.2 Å². The van der Waals surface area contributed by atoms with E-state index >= 15 is 0 Å². The van der Waals surface area contributed by atoms with Crippen LogP contribution in [0.4, 0.5) is 5.95 Å². The average molecular weight is 459 g/mol. The van der Waals surface area contributed by atoms with Crippen molar-refractivity contribution in [1.82, 2.24) is 14.8 Å². The van der Waals surface area contributed by atoms with Crippen molar-refractivity contribution in [3.63, 3.8) is 0 Å². The van der Waals surface area contributed by atoms with Crippen LogP contribution >= 0.6 is 11.6 Å². The molecule has 0 fully saturated rings. The standard InChI is InChI=1S/C25H19ClN4O3/c26-20-8-5-17(6-9-20)14-30-16-27-25(29-30)28-24(31)23-12-11-22(33-23)15-32-21-10-7-18-3-1-2-4-19(18)13-21/h1-13,16H,14-15H2,(H,28,29,31). The van der Waals surface area contributed by atoms with Crippen molar-refractivity contribution in [1.29, 1.82) is 0 Å². The van der Waals surface area contributed by atoms with E-state index in [9.17, 15) is 4.79 Å². The lowest BCUT2D eigenvalue weighted by atomic mass is 10.1. The molecule has 0 spiro atoms. The zero-order valence-corrected chi connectivity index (χ0v) is 18.2. The Bertz CT molecular complexity index is 1410. The van der Waals surface area contributed by atoms with Crippen molar-refractivity contribution >= 4 is 34.2 Å². The van der Waals surface area contributed by atoms with Gasteiger partial charge in [-0.2, -0.15) is 0 Å². The van der Waals surface area contributed by atoms with Crippen molar-refractivity contribution in [2.75, 3.05) is 5.32 Å². The van der Waals surface area contributed by atoms with E-state index in [0.29, 0.717) is 17.3 Å². The van der Waals surface area contributed by atoms with Crippen LogP contribution in [0.25, 0.3) is 10.8 Å². The number of furan rings is 1. The van der Waals surface area contributed by atoms with Crippen LogP contribution in [0.15, 0.2) is 89.6 Å². The van der Waals surface area contributed by atoms with E-state index in [2.05, 4.69) is 15.4 Å². The van der Waals surface area contributed by atoms with E-state index in [4.69, 9.17) is 20.8 Å². The molecule has 0 saturated carbocycles. The fourth-order valence-electron chi connectivity index (χ4n) is 3.36. The van der Waals surface area contributed by atoms with Gasteiger partial charge in [0.05, 0.1) is 6.54 Å². The number of anilines is 1. The maximum atomic E-state index is 12.5. The number of aromatic nitrogens is 3. The Labute approximate surface area is 194 Å². The van der Waals surface area contributed by atoms with E-state index in [-0.39, 0.29) is 18.3 Å². The summed E-state index contributed by atoms with van der Waals surface area (Å²) in [5.41, 5.74) is 1.02. The Morgan fingerprint density at radius 3 is 2.67 bits per heavy atom. The van der Waals surface area contributed by atoms with Crippen LogP contribution in [-0.4, -0.2) is 20.7 Å². The number of hydrogen-bond acceptors (Lipinski definition) is 5. The fourth-order valence-corrected chi connectivity index (χ4v) is 3.48. The van der Waals surface area contributed by atoms with Gasteiger partial charge in [0.15, 0.2) is 5.76 Å². The van der Waals surface area contributed by atoms with Gasteiger partial charge in [0.2, 0.25) is 5.95 Å². The average Bonchev–Trinajstić information content (AvgIpc) is 3.49. The van der Waals surface area contributed by atoms with Crippen molar-refractivity contribution in [3.8, 4) is 5.75 Å². The third-order valence-corrected chi connectivity index (χ3v) is 5.26. The van der Waals surface area contributed by atoms with E-state index in [1.807, 2.05) is 66.7 Å². The molecule has 3 aromatic carbocycles. The molecule has 0 bridgehead atoms. The minimum Gasteiger partial charge on any atom is -0.486 e. The van der Waals surface area contributed by atoms with E-state index in [1.165, 1.54) is 0 Å². The molecule has 2 heterocycles. The summed E-state index contributed by atoms with van der Waals surface area (Å²) in [6.45, 7) is 0.719. The van der Waals surface area contributed by atoms with Gasteiger partial charge in [-0.1, -0.05) is 54.1 Å².